The van der Waals surface area contributed by atoms with Crippen molar-refractivity contribution in [1.82, 2.24) is 16.0 Å². The lowest BCUT2D eigenvalue weighted by molar-refractivity contribution is -0.143. The molecule has 0 fully saturated rings. The molecule has 0 saturated carbocycles. The number of nitrogens with one attached hydrogen (secondary N) is 4. The Balaban J connectivity index is 1.60. The Morgan fingerprint density at radius 3 is 2.51 bits per heavy atom. The molecule has 3 rings (SSSR count). The van der Waals surface area contributed by atoms with Crippen LogP contribution in [0.4, 0.5) is 5.69 Å². The van der Waals surface area contributed by atoms with E-state index in [2.05, 4.69) is 40.1 Å². The molecule has 2 amide bonds. The van der Waals surface area contributed by atoms with E-state index in [0.29, 0.717) is 39.4 Å². The van der Waals surface area contributed by atoms with Gasteiger partial charge in [-0.1, -0.05) is 43.1 Å². The number of carbonyl (C=O) groups is 3. The Kier molecular flexibility index (Phi) is 9.77. The van der Waals surface area contributed by atoms with Crippen molar-refractivity contribution in [2.24, 2.45) is 10.4 Å². The molecule has 0 aromatic heterocycles. The number of anilines is 1. The normalized spacial score (nSPS) is 15.0. The van der Waals surface area contributed by atoms with E-state index >= 15 is 0 Å². The van der Waals surface area contributed by atoms with E-state index in [9.17, 15) is 14.4 Å². The van der Waals surface area contributed by atoms with Crippen LogP contribution < -0.4 is 21.3 Å². The number of hydrogen-bond acceptors (Lipinski definition) is 7. The molecule has 1 unspecified atom stereocenters. The van der Waals surface area contributed by atoms with Crippen molar-refractivity contribution >= 4 is 52.6 Å². The van der Waals surface area contributed by atoms with Crippen LogP contribution in [0.1, 0.15) is 49.2 Å². The average Bonchev–Trinajstić information content (AvgIpc) is 2.83. The molecule has 0 bridgehead atoms. The van der Waals surface area contributed by atoms with Gasteiger partial charge in [0.1, 0.15) is 0 Å². The third-order valence-electron chi connectivity index (χ3n) is 5.50. The van der Waals surface area contributed by atoms with Gasteiger partial charge >= 0.3 is 5.97 Å². The second-order valence-corrected chi connectivity index (χ2v) is 10.3. The zero-order valence-electron chi connectivity index (χ0n) is 21.0. The maximum absolute atomic E-state index is 12.7. The van der Waals surface area contributed by atoms with Gasteiger partial charge in [0.2, 0.25) is 5.91 Å². The maximum Gasteiger partial charge on any atom is 0.308 e. The fourth-order valence-corrected chi connectivity index (χ4v) is 4.15. The summed E-state index contributed by atoms with van der Waals surface area (Å²) in [4.78, 5) is 42.0. The van der Waals surface area contributed by atoms with Crippen molar-refractivity contribution in [2.75, 3.05) is 31.6 Å². The van der Waals surface area contributed by atoms with E-state index in [4.69, 9.17) is 27.9 Å². The number of amides is 2. The molecule has 11 heteroatoms. The predicted octanol–water partition coefficient (Wildman–Crippen LogP) is 3.93. The minimum absolute atomic E-state index is 0.0852. The number of halogens is 2. The number of rotatable bonds is 9. The van der Waals surface area contributed by atoms with Crippen LogP contribution in [0.5, 0.6) is 0 Å². The van der Waals surface area contributed by atoms with E-state index in [1.165, 1.54) is 0 Å². The van der Waals surface area contributed by atoms with E-state index in [0.717, 1.165) is 6.54 Å². The molecule has 1 heterocycles. The largest absolute Gasteiger partial charge is 0.466 e. The van der Waals surface area contributed by atoms with Gasteiger partial charge in [0.25, 0.3) is 5.91 Å². The standard InChI is InChI=1S/C26H31Cl2N5O4/c1-4-37-23(35)12-21(17-8-18(27)11-19(28)9-17)33-22(34)13-29-24(36)16-6-5-7-20(10-16)32-25-30-14-26(2,3)15-31-25/h5-11,21H,4,12-15H2,1-3H3,(H,29,36)(H,33,34)(H2,30,31,32). The van der Waals surface area contributed by atoms with Crippen molar-refractivity contribution in [1.29, 1.82) is 0 Å². The minimum atomic E-state index is -0.735. The molecule has 0 aliphatic carbocycles. The Hall–Kier alpha value is -3.30. The van der Waals surface area contributed by atoms with Gasteiger partial charge < -0.3 is 26.0 Å². The molecule has 0 saturated heterocycles. The zero-order chi connectivity index (χ0) is 27.0. The highest BCUT2D eigenvalue weighted by Crippen LogP contribution is 2.26. The molecule has 2 aromatic rings. The molecule has 37 heavy (non-hydrogen) atoms. The van der Waals surface area contributed by atoms with Crippen LogP contribution in [-0.2, 0) is 14.3 Å². The highest BCUT2D eigenvalue weighted by molar-refractivity contribution is 6.34. The quantitative estimate of drug-likeness (QED) is 0.353. The molecule has 1 atom stereocenters. The van der Waals surface area contributed by atoms with Crippen LogP contribution in [0.2, 0.25) is 10.0 Å². The first kappa shape index (κ1) is 28.3. The number of esters is 1. The van der Waals surface area contributed by atoms with Crippen LogP contribution in [0.25, 0.3) is 0 Å². The highest BCUT2D eigenvalue weighted by atomic mass is 35.5. The lowest BCUT2D eigenvalue weighted by Gasteiger charge is -2.29. The number of benzene rings is 2. The topological polar surface area (TPSA) is 121 Å². The number of ether oxygens (including phenoxy) is 1. The van der Waals surface area contributed by atoms with Gasteiger partial charge in [-0.25, -0.2) is 0 Å². The van der Waals surface area contributed by atoms with Gasteiger partial charge in [-0.15, -0.1) is 0 Å². The number of hydrogen-bond donors (Lipinski definition) is 4. The Labute approximate surface area is 226 Å². The summed E-state index contributed by atoms with van der Waals surface area (Å²) in [6.07, 6.45) is -0.118. The molecule has 2 aromatic carbocycles. The fourth-order valence-electron chi connectivity index (χ4n) is 3.61. The molecule has 4 N–H and O–H groups in total. The van der Waals surface area contributed by atoms with Crippen molar-refractivity contribution in [3.63, 3.8) is 0 Å². The van der Waals surface area contributed by atoms with E-state index in [-0.39, 0.29) is 25.0 Å². The van der Waals surface area contributed by atoms with Crippen LogP contribution in [0.15, 0.2) is 47.5 Å². The Morgan fingerprint density at radius 1 is 1.14 bits per heavy atom. The molecule has 1 aliphatic rings. The average molecular weight is 548 g/mol. The monoisotopic (exact) mass is 547 g/mol. The Morgan fingerprint density at radius 2 is 1.86 bits per heavy atom. The van der Waals surface area contributed by atoms with Crippen LogP contribution in [0, 0.1) is 5.41 Å². The summed E-state index contributed by atoms with van der Waals surface area (Å²) in [5, 5.41) is 12.5. The summed E-state index contributed by atoms with van der Waals surface area (Å²) in [5.74, 6) is -0.759. The lowest BCUT2D eigenvalue weighted by Crippen LogP contribution is -2.44. The smallest absolute Gasteiger partial charge is 0.308 e. The molecule has 1 aliphatic heterocycles. The van der Waals surface area contributed by atoms with Crippen LogP contribution in [0.3, 0.4) is 0 Å². The number of carbonyl (C=O) groups excluding carboxylic acids is 3. The van der Waals surface area contributed by atoms with E-state index in [1.807, 2.05) is 6.07 Å². The molecule has 9 nitrogen and oxygen atoms in total. The van der Waals surface area contributed by atoms with Crippen molar-refractivity contribution in [2.45, 2.75) is 33.2 Å². The second kappa shape index (κ2) is 12.8. The van der Waals surface area contributed by atoms with Crippen molar-refractivity contribution in [3.8, 4) is 0 Å². The molecular weight excluding hydrogens is 517 g/mol. The molecule has 0 spiro atoms. The molecule has 198 valence electrons. The summed E-state index contributed by atoms with van der Waals surface area (Å²) in [7, 11) is 0. The minimum Gasteiger partial charge on any atom is -0.466 e. The first-order chi connectivity index (χ1) is 17.5. The third-order valence-corrected chi connectivity index (χ3v) is 5.93. The number of nitrogens with zero attached hydrogens (tertiary/aromatic N) is 1. The van der Waals surface area contributed by atoms with Crippen LogP contribution >= 0.6 is 23.2 Å². The Bertz CT molecular complexity index is 1170. The highest BCUT2D eigenvalue weighted by Gasteiger charge is 2.23. The van der Waals surface area contributed by atoms with Gasteiger partial charge in [-0.3, -0.25) is 19.4 Å². The van der Waals surface area contributed by atoms with Gasteiger partial charge in [0.15, 0.2) is 5.96 Å². The second-order valence-electron chi connectivity index (χ2n) is 9.40. The maximum atomic E-state index is 12.7. The number of aliphatic imine (C=N–C) groups is 1. The van der Waals surface area contributed by atoms with Crippen molar-refractivity contribution in [3.05, 3.63) is 63.6 Å². The first-order valence-electron chi connectivity index (χ1n) is 11.9. The van der Waals surface area contributed by atoms with Crippen molar-refractivity contribution < 1.29 is 19.1 Å². The van der Waals surface area contributed by atoms with Gasteiger partial charge in [-0.2, -0.15) is 0 Å². The van der Waals surface area contributed by atoms with E-state index < -0.39 is 23.8 Å². The summed E-state index contributed by atoms with van der Waals surface area (Å²) in [6, 6.07) is 10.9. The predicted molar refractivity (Wildman–Crippen MR) is 145 cm³/mol. The van der Waals surface area contributed by atoms with Crippen LogP contribution in [-0.4, -0.2) is 50.0 Å². The fraction of sp³-hybridized carbons (Fsp3) is 0.385. The summed E-state index contributed by atoms with van der Waals surface area (Å²) < 4.78 is 5.02. The first-order valence-corrected chi connectivity index (χ1v) is 12.6. The molecular formula is C26H31Cl2N5O4. The number of guanidine groups is 1. The van der Waals surface area contributed by atoms with E-state index in [1.54, 1.807) is 43.3 Å². The zero-order valence-corrected chi connectivity index (χ0v) is 22.5. The van der Waals surface area contributed by atoms with Gasteiger partial charge in [0.05, 0.1) is 25.6 Å². The third kappa shape index (κ3) is 8.94. The summed E-state index contributed by atoms with van der Waals surface area (Å²) >= 11 is 12.2. The molecule has 0 radical (unpaired) electrons. The summed E-state index contributed by atoms with van der Waals surface area (Å²) in [5.41, 5.74) is 1.70. The SMILES string of the molecule is CCOC(=O)CC(NC(=O)CNC(=O)c1cccc(NC2=NCC(C)(C)CN2)c1)c1cc(Cl)cc(Cl)c1. The van der Waals surface area contributed by atoms with Gasteiger partial charge in [0, 0.05) is 39.8 Å². The summed E-state index contributed by atoms with van der Waals surface area (Å²) in [6.45, 7) is 7.34. The van der Waals surface area contributed by atoms with Gasteiger partial charge in [-0.05, 0) is 48.9 Å². The lowest BCUT2D eigenvalue weighted by atomic mass is 9.93.